The Bertz CT molecular complexity index is 414. The first-order valence-electron chi connectivity index (χ1n) is 7.75. The molecule has 118 valence electrons. The zero-order valence-electron chi connectivity index (χ0n) is 13.3. The first-order valence-corrected chi connectivity index (χ1v) is 7.75. The molecule has 0 radical (unpaired) electrons. The number of hydrogen-bond donors (Lipinski definition) is 1. The van der Waals surface area contributed by atoms with Gasteiger partial charge in [-0.15, -0.1) is 0 Å². The van der Waals surface area contributed by atoms with Crippen LogP contribution in [0.5, 0.6) is 0 Å². The van der Waals surface area contributed by atoms with E-state index in [1.807, 2.05) is 0 Å². The Hall–Kier alpha value is -1.10. The monoisotopic (exact) mass is 293 g/mol. The van der Waals surface area contributed by atoms with Crippen molar-refractivity contribution in [2.24, 2.45) is 0 Å². The highest BCUT2D eigenvalue weighted by Crippen LogP contribution is 2.23. The Labute approximate surface area is 127 Å². The van der Waals surface area contributed by atoms with Gasteiger partial charge in [-0.05, 0) is 44.4 Å². The number of ether oxygens (including phenoxy) is 3. The second-order valence-corrected chi connectivity index (χ2v) is 5.82. The van der Waals surface area contributed by atoms with E-state index in [1.54, 1.807) is 7.11 Å². The van der Waals surface area contributed by atoms with E-state index in [1.165, 1.54) is 5.56 Å². The van der Waals surface area contributed by atoms with Crippen LogP contribution in [-0.4, -0.2) is 38.6 Å². The van der Waals surface area contributed by atoms with Gasteiger partial charge in [0.2, 0.25) is 0 Å². The molecule has 1 aliphatic rings. The van der Waals surface area contributed by atoms with Crippen molar-refractivity contribution in [1.29, 1.82) is 0 Å². The molecule has 1 aliphatic heterocycles. The Balaban J connectivity index is 1.85. The number of hydrogen-bond acceptors (Lipinski definition) is 4. The molecule has 0 spiro atoms. The highest BCUT2D eigenvalue weighted by Gasteiger charge is 2.24. The van der Waals surface area contributed by atoms with Crippen molar-refractivity contribution in [2.75, 3.05) is 25.6 Å². The van der Waals surface area contributed by atoms with Crippen LogP contribution >= 0.6 is 0 Å². The van der Waals surface area contributed by atoms with E-state index in [0.29, 0.717) is 38.1 Å². The third-order valence-corrected chi connectivity index (χ3v) is 3.70. The molecule has 2 rings (SSSR count). The first kappa shape index (κ1) is 16.3. The maximum Gasteiger partial charge on any atom is 0.0718 e. The van der Waals surface area contributed by atoms with Gasteiger partial charge in [0.05, 0.1) is 32.0 Å². The molecule has 2 atom stereocenters. The van der Waals surface area contributed by atoms with Crippen molar-refractivity contribution >= 4 is 5.69 Å². The van der Waals surface area contributed by atoms with Crippen molar-refractivity contribution in [3.63, 3.8) is 0 Å². The lowest BCUT2D eigenvalue weighted by Crippen LogP contribution is -2.36. The molecule has 0 amide bonds. The molecule has 0 aliphatic carbocycles. The fraction of sp³-hybridized carbons (Fsp3) is 0.647. The average molecular weight is 293 g/mol. The minimum absolute atomic E-state index is 0.326. The van der Waals surface area contributed by atoms with Crippen molar-refractivity contribution in [1.82, 2.24) is 0 Å². The number of anilines is 1. The topological polar surface area (TPSA) is 39.7 Å². The van der Waals surface area contributed by atoms with Gasteiger partial charge in [-0.25, -0.2) is 0 Å². The molecule has 1 aromatic rings. The zero-order valence-corrected chi connectivity index (χ0v) is 13.3. The van der Waals surface area contributed by atoms with Crippen LogP contribution in [0.1, 0.15) is 32.3 Å². The van der Waals surface area contributed by atoms with Gasteiger partial charge in [-0.1, -0.05) is 12.1 Å². The van der Waals surface area contributed by atoms with Gasteiger partial charge >= 0.3 is 0 Å². The van der Waals surface area contributed by atoms with Gasteiger partial charge < -0.3 is 19.5 Å². The molecule has 1 heterocycles. The highest BCUT2D eigenvalue weighted by molar-refractivity contribution is 5.46. The summed E-state index contributed by atoms with van der Waals surface area (Å²) in [6.45, 7) is 6.17. The third kappa shape index (κ3) is 5.65. The third-order valence-electron chi connectivity index (χ3n) is 3.70. The molecule has 1 aromatic carbocycles. The molecule has 4 heteroatoms. The van der Waals surface area contributed by atoms with Gasteiger partial charge in [0, 0.05) is 18.8 Å². The second-order valence-electron chi connectivity index (χ2n) is 5.82. The van der Waals surface area contributed by atoms with Crippen molar-refractivity contribution in [3.05, 3.63) is 29.8 Å². The fourth-order valence-electron chi connectivity index (χ4n) is 2.84. The van der Waals surface area contributed by atoms with Gasteiger partial charge in [-0.2, -0.15) is 0 Å². The largest absolute Gasteiger partial charge is 0.382 e. The second kappa shape index (κ2) is 8.37. The van der Waals surface area contributed by atoms with E-state index in [4.69, 9.17) is 14.2 Å². The van der Waals surface area contributed by atoms with E-state index in [9.17, 15) is 0 Å². The number of nitrogens with one attached hydrogen (secondary N) is 1. The summed E-state index contributed by atoms with van der Waals surface area (Å²) in [5.74, 6) is 0. The van der Waals surface area contributed by atoms with Crippen LogP contribution in [0.3, 0.4) is 0 Å². The minimum atomic E-state index is 0.326. The van der Waals surface area contributed by atoms with Crippen LogP contribution in [0.4, 0.5) is 5.69 Å². The molecule has 0 bridgehead atoms. The fourth-order valence-corrected chi connectivity index (χ4v) is 2.84. The number of rotatable bonds is 7. The van der Waals surface area contributed by atoms with Gasteiger partial charge in [0.1, 0.15) is 0 Å². The summed E-state index contributed by atoms with van der Waals surface area (Å²) in [6, 6.07) is 8.92. The van der Waals surface area contributed by atoms with E-state index in [0.717, 1.165) is 18.5 Å². The molecular formula is C17H27NO3. The van der Waals surface area contributed by atoms with E-state index >= 15 is 0 Å². The van der Waals surface area contributed by atoms with Crippen molar-refractivity contribution in [3.8, 4) is 0 Å². The molecule has 0 saturated carbocycles. The summed E-state index contributed by atoms with van der Waals surface area (Å²) in [4.78, 5) is 0. The molecule has 1 saturated heterocycles. The Morgan fingerprint density at radius 1 is 1.19 bits per heavy atom. The lowest BCUT2D eigenvalue weighted by molar-refractivity contribution is -0.0337. The Morgan fingerprint density at radius 3 is 2.67 bits per heavy atom. The van der Waals surface area contributed by atoms with Crippen LogP contribution in [0.15, 0.2) is 24.3 Å². The van der Waals surface area contributed by atoms with Crippen LogP contribution in [-0.2, 0) is 20.8 Å². The zero-order chi connectivity index (χ0) is 15.1. The molecular weight excluding hydrogens is 266 g/mol. The summed E-state index contributed by atoms with van der Waals surface area (Å²) in [5.41, 5.74) is 2.35. The standard InChI is InChI=1S/C17H27NO3/c1-13-9-17(10-14(2)21-13)18-16-6-4-5-15(11-16)12-20-8-7-19-3/h4-6,11,13-14,17-18H,7-10,12H2,1-3H3. The Kier molecular flexibility index (Phi) is 6.49. The summed E-state index contributed by atoms with van der Waals surface area (Å²) < 4.78 is 16.3. The lowest BCUT2D eigenvalue weighted by Gasteiger charge is -2.33. The van der Waals surface area contributed by atoms with Crippen molar-refractivity contribution in [2.45, 2.75) is 51.5 Å². The number of methoxy groups -OCH3 is 1. The summed E-state index contributed by atoms with van der Waals surface area (Å²) in [5, 5.41) is 3.62. The van der Waals surface area contributed by atoms with E-state index < -0.39 is 0 Å². The van der Waals surface area contributed by atoms with Crippen LogP contribution < -0.4 is 5.32 Å². The average Bonchev–Trinajstić information content (AvgIpc) is 2.43. The maximum absolute atomic E-state index is 5.78. The quantitative estimate of drug-likeness (QED) is 0.784. The lowest BCUT2D eigenvalue weighted by atomic mass is 9.99. The van der Waals surface area contributed by atoms with Crippen LogP contribution in [0, 0.1) is 0 Å². The van der Waals surface area contributed by atoms with Crippen molar-refractivity contribution < 1.29 is 14.2 Å². The van der Waals surface area contributed by atoms with Gasteiger partial charge in [-0.3, -0.25) is 0 Å². The SMILES string of the molecule is COCCOCc1cccc(NC2CC(C)OC(C)C2)c1. The van der Waals surface area contributed by atoms with Gasteiger partial charge in [0.15, 0.2) is 0 Å². The minimum Gasteiger partial charge on any atom is -0.382 e. The van der Waals surface area contributed by atoms with Crippen LogP contribution in [0.2, 0.25) is 0 Å². The Morgan fingerprint density at radius 2 is 1.95 bits per heavy atom. The predicted molar refractivity (Wildman–Crippen MR) is 84.6 cm³/mol. The molecule has 1 fully saturated rings. The van der Waals surface area contributed by atoms with E-state index in [-0.39, 0.29) is 0 Å². The molecule has 1 N–H and O–H groups in total. The maximum atomic E-state index is 5.78. The highest BCUT2D eigenvalue weighted by atomic mass is 16.5. The van der Waals surface area contributed by atoms with E-state index in [2.05, 4.69) is 43.4 Å². The smallest absolute Gasteiger partial charge is 0.0718 e. The summed E-state index contributed by atoms with van der Waals surface area (Å²) in [7, 11) is 1.68. The summed E-state index contributed by atoms with van der Waals surface area (Å²) in [6.07, 6.45) is 2.76. The molecule has 2 unspecified atom stereocenters. The molecule has 21 heavy (non-hydrogen) atoms. The molecule has 4 nitrogen and oxygen atoms in total. The summed E-state index contributed by atoms with van der Waals surface area (Å²) >= 11 is 0. The van der Waals surface area contributed by atoms with Crippen LogP contribution in [0.25, 0.3) is 0 Å². The normalized spacial score (nSPS) is 25.8. The molecule has 0 aromatic heterocycles. The van der Waals surface area contributed by atoms with Gasteiger partial charge in [0.25, 0.3) is 0 Å². The number of benzene rings is 1. The first-order chi connectivity index (χ1) is 10.2. The predicted octanol–water partition coefficient (Wildman–Crippen LogP) is 3.22.